The Balaban J connectivity index is 1.89. The normalized spacial score (nSPS) is 11.5. The Kier molecular flexibility index (Phi) is 8.12. The summed E-state index contributed by atoms with van der Waals surface area (Å²) in [7, 11) is -0.655. The first kappa shape index (κ1) is 25.5. The summed E-state index contributed by atoms with van der Waals surface area (Å²) in [6.07, 6.45) is 1.61. The van der Waals surface area contributed by atoms with E-state index < -0.39 is 10.0 Å². The van der Waals surface area contributed by atoms with E-state index in [4.69, 9.17) is 4.74 Å². The lowest BCUT2D eigenvalue weighted by atomic mass is 10.0. The van der Waals surface area contributed by atoms with Gasteiger partial charge in [0.1, 0.15) is 5.75 Å². The number of anilines is 1. The summed E-state index contributed by atoms with van der Waals surface area (Å²) in [6.45, 7) is 6.08. The zero-order valence-corrected chi connectivity index (χ0v) is 21.2. The molecule has 1 amide bonds. The summed E-state index contributed by atoms with van der Waals surface area (Å²) in [4.78, 5) is 13.4. The van der Waals surface area contributed by atoms with Crippen LogP contribution in [0.1, 0.15) is 46.5 Å². The number of nitrogens with zero attached hydrogens (tertiary/aromatic N) is 1. The number of hydrogen-bond donors (Lipinski definition) is 1. The van der Waals surface area contributed by atoms with Gasteiger partial charge in [-0.2, -0.15) is 4.31 Å². The molecule has 34 heavy (non-hydrogen) atoms. The number of para-hydroxylation sites is 1. The summed E-state index contributed by atoms with van der Waals surface area (Å²) < 4.78 is 32.8. The Morgan fingerprint density at radius 1 is 0.941 bits per heavy atom. The van der Waals surface area contributed by atoms with Crippen LogP contribution in [0.2, 0.25) is 0 Å². The fourth-order valence-corrected chi connectivity index (χ4v) is 5.00. The Morgan fingerprint density at radius 3 is 2.12 bits per heavy atom. The maximum atomic E-state index is 13.2. The highest BCUT2D eigenvalue weighted by Gasteiger charge is 2.23. The van der Waals surface area contributed by atoms with Crippen molar-refractivity contribution in [1.82, 2.24) is 4.31 Å². The molecule has 0 aromatic heterocycles. The summed E-state index contributed by atoms with van der Waals surface area (Å²) in [5, 5.41) is 3.07. The van der Waals surface area contributed by atoms with Gasteiger partial charge in [0.05, 0.1) is 12.0 Å². The molecule has 0 heterocycles. The van der Waals surface area contributed by atoms with Gasteiger partial charge in [0.15, 0.2) is 0 Å². The van der Waals surface area contributed by atoms with Crippen LogP contribution in [0, 0.1) is 6.92 Å². The average molecular weight is 481 g/mol. The molecular weight excluding hydrogens is 448 g/mol. The molecule has 7 heteroatoms. The molecule has 0 saturated heterocycles. The lowest BCUT2D eigenvalue weighted by Crippen LogP contribution is -2.27. The Bertz CT molecular complexity index is 1250. The van der Waals surface area contributed by atoms with Crippen molar-refractivity contribution in [2.75, 3.05) is 19.5 Å². The topological polar surface area (TPSA) is 75.7 Å². The van der Waals surface area contributed by atoms with Gasteiger partial charge in [0.2, 0.25) is 10.0 Å². The van der Waals surface area contributed by atoms with Crippen LogP contribution in [0.15, 0.2) is 65.6 Å². The van der Waals surface area contributed by atoms with Gasteiger partial charge in [-0.05, 0) is 61.2 Å². The van der Waals surface area contributed by atoms with Crippen molar-refractivity contribution in [3.8, 4) is 5.75 Å². The molecule has 0 atom stereocenters. The number of carbonyl (C=O) groups is 1. The Morgan fingerprint density at radius 2 is 1.56 bits per heavy atom. The maximum absolute atomic E-state index is 13.2. The van der Waals surface area contributed by atoms with Crippen molar-refractivity contribution in [3.05, 3.63) is 88.5 Å². The second-order valence-electron chi connectivity index (χ2n) is 8.21. The molecular formula is C27H32N2O4S. The highest BCUT2D eigenvalue weighted by Crippen LogP contribution is 2.27. The van der Waals surface area contributed by atoms with Crippen molar-refractivity contribution in [2.45, 2.75) is 45.1 Å². The van der Waals surface area contributed by atoms with E-state index in [9.17, 15) is 13.2 Å². The first-order valence-corrected chi connectivity index (χ1v) is 12.8. The molecule has 6 nitrogen and oxygen atoms in total. The van der Waals surface area contributed by atoms with Gasteiger partial charge in [0.25, 0.3) is 5.91 Å². The molecule has 0 unspecified atom stereocenters. The number of benzene rings is 3. The third-order valence-corrected chi connectivity index (χ3v) is 7.72. The Labute approximate surface area is 202 Å². The van der Waals surface area contributed by atoms with Gasteiger partial charge in [0, 0.05) is 30.4 Å². The van der Waals surface area contributed by atoms with Gasteiger partial charge >= 0.3 is 0 Å². The number of carbonyl (C=O) groups excluding carboxylic acids is 1. The van der Waals surface area contributed by atoms with Crippen LogP contribution in [-0.4, -0.2) is 32.8 Å². The van der Waals surface area contributed by atoms with E-state index in [-0.39, 0.29) is 17.3 Å². The van der Waals surface area contributed by atoms with Crippen LogP contribution in [0.4, 0.5) is 5.69 Å². The van der Waals surface area contributed by atoms with E-state index in [1.165, 1.54) is 18.5 Å². The first-order chi connectivity index (χ1) is 16.2. The molecule has 0 aliphatic heterocycles. The number of rotatable bonds is 9. The third-order valence-electron chi connectivity index (χ3n) is 5.90. The summed E-state index contributed by atoms with van der Waals surface area (Å²) >= 11 is 0. The van der Waals surface area contributed by atoms with Crippen molar-refractivity contribution < 1.29 is 17.9 Å². The number of nitrogens with one attached hydrogen (secondary N) is 1. The van der Waals surface area contributed by atoms with Gasteiger partial charge in [-0.1, -0.05) is 49.7 Å². The number of methoxy groups -OCH3 is 1. The second-order valence-corrected chi connectivity index (χ2v) is 10.3. The first-order valence-electron chi connectivity index (χ1n) is 11.3. The van der Waals surface area contributed by atoms with Gasteiger partial charge < -0.3 is 10.1 Å². The molecule has 0 fully saturated rings. The van der Waals surface area contributed by atoms with E-state index >= 15 is 0 Å². The standard InChI is InChI=1S/C27H32N2O4S/c1-6-20-9-8-10-21(7-2)26(20)28-27(30)22-13-16-25(33-5)23(17-22)18-29(4)34(31,32)24-14-11-19(3)12-15-24/h8-17H,6-7,18H2,1-5H3,(H,28,30). The van der Waals surface area contributed by atoms with Crippen LogP contribution < -0.4 is 10.1 Å². The third kappa shape index (κ3) is 5.48. The zero-order valence-electron chi connectivity index (χ0n) is 20.4. The van der Waals surface area contributed by atoms with Crippen molar-refractivity contribution in [3.63, 3.8) is 0 Å². The van der Waals surface area contributed by atoms with Crippen molar-refractivity contribution >= 4 is 21.6 Å². The molecule has 0 aliphatic rings. The van der Waals surface area contributed by atoms with Gasteiger partial charge in [-0.15, -0.1) is 0 Å². The number of sulfonamides is 1. The highest BCUT2D eigenvalue weighted by molar-refractivity contribution is 7.89. The molecule has 1 N–H and O–H groups in total. The number of aryl methyl sites for hydroxylation is 3. The predicted octanol–water partition coefficient (Wildman–Crippen LogP) is 5.20. The van der Waals surface area contributed by atoms with Crippen molar-refractivity contribution in [2.24, 2.45) is 0 Å². The van der Waals surface area contributed by atoms with E-state index in [0.717, 1.165) is 35.2 Å². The van der Waals surface area contributed by atoms with Crippen LogP contribution in [0.25, 0.3) is 0 Å². The molecule has 0 radical (unpaired) electrons. The van der Waals surface area contributed by atoms with Crippen LogP contribution in [0.3, 0.4) is 0 Å². The predicted molar refractivity (Wildman–Crippen MR) is 136 cm³/mol. The van der Waals surface area contributed by atoms with Crippen LogP contribution in [0.5, 0.6) is 5.75 Å². The molecule has 180 valence electrons. The summed E-state index contributed by atoms with van der Waals surface area (Å²) in [5.41, 5.74) is 5.01. The lowest BCUT2D eigenvalue weighted by Gasteiger charge is -2.20. The fourth-order valence-electron chi connectivity index (χ4n) is 3.85. The quantitative estimate of drug-likeness (QED) is 0.457. The molecule has 3 aromatic carbocycles. The molecule has 0 bridgehead atoms. The maximum Gasteiger partial charge on any atom is 0.255 e. The second kappa shape index (κ2) is 10.8. The molecule has 3 aromatic rings. The van der Waals surface area contributed by atoms with Gasteiger partial charge in [-0.25, -0.2) is 8.42 Å². The van der Waals surface area contributed by atoms with E-state index in [2.05, 4.69) is 19.2 Å². The van der Waals surface area contributed by atoms with Crippen molar-refractivity contribution in [1.29, 1.82) is 0 Å². The number of hydrogen-bond acceptors (Lipinski definition) is 4. The molecule has 0 spiro atoms. The highest BCUT2D eigenvalue weighted by atomic mass is 32.2. The summed E-state index contributed by atoms with van der Waals surface area (Å²) in [5.74, 6) is 0.272. The average Bonchev–Trinajstić information content (AvgIpc) is 2.84. The molecule has 0 aliphatic carbocycles. The molecule has 3 rings (SSSR count). The minimum absolute atomic E-state index is 0.0618. The van der Waals surface area contributed by atoms with E-state index in [0.29, 0.717) is 16.9 Å². The number of ether oxygens (including phenoxy) is 1. The van der Waals surface area contributed by atoms with E-state index in [1.54, 1.807) is 42.5 Å². The van der Waals surface area contributed by atoms with Gasteiger partial charge in [-0.3, -0.25) is 4.79 Å². The fraction of sp³-hybridized carbons (Fsp3) is 0.296. The largest absolute Gasteiger partial charge is 0.496 e. The zero-order chi connectivity index (χ0) is 24.9. The van der Waals surface area contributed by atoms with Crippen LogP contribution >= 0.6 is 0 Å². The minimum atomic E-state index is -3.70. The molecule has 0 saturated carbocycles. The SMILES string of the molecule is CCc1cccc(CC)c1NC(=O)c1ccc(OC)c(CN(C)S(=O)(=O)c2ccc(C)cc2)c1. The number of amides is 1. The summed E-state index contributed by atoms with van der Waals surface area (Å²) in [6, 6.07) is 17.8. The minimum Gasteiger partial charge on any atom is -0.496 e. The van der Waals surface area contributed by atoms with Crippen LogP contribution in [-0.2, 0) is 29.4 Å². The van der Waals surface area contributed by atoms with E-state index in [1.807, 2.05) is 25.1 Å². The monoisotopic (exact) mass is 480 g/mol. The Hall–Kier alpha value is -3.16. The smallest absolute Gasteiger partial charge is 0.255 e. The lowest BCUT2D eigenvalue weighted by molar-refractivity contribution is 0.102.